The third-order valence-corrected chi connectivity index (χ3v) is 2.80. The van der Waals surface area contributed by atoms with Gasteiger partial charge in [-0.1, -0.05) is 57.2 Å². The number of hydrogen-bond acceptors (Lipinski definition) is 2. The van der Waals surface area contributed by atoms with Gasteiger partial charge >= 0.3 is 0 Å². The fraction of sp³-hybridized carbons (Fsp3) is 0.444. The summed E-state index contributed by atoms with van der Waals surface area (Å²) in [4.78, 5) is 0. The lowest BCUT2D eigenvalue weighted by Gasteiger charge is -2.06. The monoisotopic (exact) mass is 274 g/mol. The Morgan fingerprint density at radius 3 is 2.25 bits per heavy atom. The normalized spacial score (nSPS) is 10.2. The van der Waals surface area contributed by atoms with Crippen molar-refractivity contribution in [3.05, 3.63) is 48.0 Å². The first kappa shape index (κ1) is 16.7. The molecule has 2 aromatic carbocycles. The summed E-state index contributed by atoms with van der Waals surface area (Å²) in [6.07, 6.45) is 1.06. The van der Waals surface area contributed by atoms with E-state index in [1.807, 2.05) is 13.8 Å². The van der Waals surface area contributed by atoms with Crippen LogP contribution in [0.25, 0.3) is 10.8 Å². The molecule has 0 saturated carbocycles. The van der Waals surface area contributed by atoms with Crippen molar-refractivity contribution in [2.24, 2.45) is 0 Å². The lowest BCUT2D eigenvalue weighted by Crippen LogP contribution is -2.04. The van der Waals surface area contributed by atoms with Crippen LogP contribution in [0, 0.1) is 0 Å². The van der Waals surface area contributed by atoms with Crippen molar-refractivity contribution < 1.29 is 9.47 Å². The molecule has 0 N–H and O–H groups in total. The zero-order valence-electron chi connectivity index (χ0n) is 12.9. The molecule has 0 fully saturated rings. The zero-order chi connectivity index (χ0) is 14.6. The smallest absolute Gasteiger partial charge is 0.0718 e. The molecule has 0 aliphatic rings. The molecular formula is C18H26O2. The van der Waals surface area contributed by atoms with Crippen LogP contribution in [-0.4, -0.2) is 19.8 Å². The van der Waals surface area contributed by atoms with E-state index in [1.54, 1.807) is 0 Å². The van der Waals surface area contributed by atoms with Crippen LogP contribution in [0.3, 0.4) is 0 Å². The van der Waals surface area contributed by atoms with Gasteiger partial charge in [0.2, 0.25) is 0 Å². The molecule has 0 aliphatic carbocycles. The van der Waals surface area contributed by atoms with E-state index in [9.17, 15) is 0 Å². The molecule has 0 aromatic heterocycles. The van der Waals surface area contributed by atoms with Crippen LogP contribution in [-0.2, 0) is 16.1 Å². The second-order valence-electron chi connectivity index (χ2n) is 4.35. The van der Waals surface area contributed by atoms with Crippen LogP contribution in [0.5, 0.6) is 0 Å². The second kappa shape index (κ2) is 10.4. The predicted molar refractivity (Wildman–Crippen MR) is 86.1 cm³/mol. The summed E-state index contributed by atoms with van der Waals surface area (Å²) in [6.45, 7) is 8.92. The van der Waals surface area contributed by atoms with Crippen molar-refractivity contribution in [3.63, 3.8) is 0 Å². The van der Waals surface area contributed by atoms with E-state index in [1.165, 1.54) is 16.3 Å². The average Bonchev–Trinajstić information content (AvgIpc) is 2.52. The Hall–Kier alpha value is -1.38. The van der Waals surface area contributed by atoms with Crippen LogP contribution in [0.4, 0.5) is 0 Å². The third-order valence-electron chi connectivity index (χ3n) is 2.80. The molecule has 0 heterocycles. The van der Waals surface area contributed by atoms with Gasteiger partial charge in [-0.05, 0) is 28.8 Å². The van der Waals surface area contributed by atoms with Gasteiger partial charge in [-0.25, -0.2) is 0 Å². The Labute approximate surface area is 122 Å². The van der Waals surface area contributed by atoms with Crippen molar-refractivity contribution in [2.45, 2.75) is 33.8 Å². The van der Waals surface area contributed by atoms with Gasteiger partial charge in [-0.2, -0.15) is 0 Å². The molecule has 110 valence electrons. The lowest BCUT2D eigenvalue weighted by atomic mass is 10.1. The average molecular weight is 274 g/mol. The van der Waals surface area contributed by atoms with Gasteiger partial charge < -0.3 is 9.47 Å². The van der Waals surface area contributed by atoms with E-state index in [0.717, 1.165) is 13.0 Å². The van der Waals surface area contributed by atoms with E-state index < -0.39 is 0 Å². The number of fused-ring (bicyclic) bond motifs is 1. The maximum atomic E-state index is 5.59. The molecule has 0 unspecified atom stereocenters. The van der Waals surface area contributed by atoms with Gasteiger partial charge in [0.25, 0.3) is 0 Å². The Balaban J connectivity index is 0.000000956. The second-order valence-corrected chi connectivity index (χ2v) is 4.35. The molecule has 2 aromatic rings. The highest BCUT2D eigenvalue weighted by Gasteiger charge is 1.96. The summed E-state index contributed by atoms with van der Waals surface area (Å²) < 4.78 is 11.0. The van der Waals surface area contributed by atoms with E-state index in [-0.39, 0.29) is 0 Å². The molecule has 0 amide bonds. The third kappa shape index (κ3) is 5.72. The molecule has 0 saturated heterocycles. The highest BCUT2D eigenvalue weighted by Crippen LogP contribution is 2.16. The highest BCUT2D eigenvalue weighted by atomic mass is 16.5. The number of ether oxygens (including phenoxy) is 2. The van der Waals surface area contributed by atoms with E-state index in [0.29, 0.717) is 19.8 Å². The first-order chi connectivity index (χ1) is 9.90. The van der Waals surface area contributed by atoms with Crippen LogP contribution in [0.15, 0.2) is 42.5 Å². The van der Waals surface area contributed by atoms with Crippen LogP contribution < -0.4 is 0 Å². The fourth-order valence-electron chi connectivity index (χ4n) is 1.88. The number of benzene rings is 2. The standard InChI is InChI=1S/C16H20O2.C2H6/c1-2-9-17-10-11-18-13-14-7-8-15-5-3-4-6-16(15)12-14;1-2/h3-8,12H,2,9-11,13H2,1H3;1-2H3. The number of rotatable bonds is 7. The summed E-state index contributed by atoms with van der Waals surface area (Å²) in [5.74, 6) is 0. The summed E-state index contributed by atoms with van der Waals surface area (Å²) in [5, 5.41) is 2.54. The summed E-state index contributed by atoms with van der Waals surface area (Å²) in [6, 6.07) is 14.8. The van der Waals surface area contributed by atoms with Crippen LogP contribution in [0.2, 0.25) is 0 Å². The van der Waals surface area contributed by atoms with Gasteiger partial charge in [0.05, 0.1) is 19.8 Å². The molecule has 2 nitrogen and oxygen atoms in total. The topological polar surface area (TPSA) is 18.5 Å². The van der Waals surface area contributed by atoms with Crippen molar-refractivity contribution in [1.29, 1.82) is 0 Å². The highest BCUT2D eigenvalue weighted by molar-refractivity contribution is 5.82. The molecule has 2 rings (SSSR count). The minimum Gasteiger partial charge on any atom is -0.379 e. The zero-order valence-corrected chi connectivity index (χ0v) is 12.9. The lowest BCUT2D eigenvalue weighted by molar-refractivity contribution is 0.0409. The Morgan fingerprint density at radius 1 is 0.800 bits per heavy atom. The Kier molecular flexibility index (Phi) is 8.68. The van der Waals surface area contributed by atoms with Gasteiger partial charge in [0.15, 0.2) is 0 Å². The molecule has 20 heavy (non-hydrogen) atoms. The first-order valence-electron chi connectivity index (χ1n) is 7.53. The van der Waals surface area contributed by atoms with Crippen LogP contribution in [0.1, 0.15) is 32.8 Å². The van der Waals surface area contributed by atoms with E-state index >= 15 is 0 Å². The molecule has 0 atom stereocenters. The SMILES string of the molecule is CC.CCCOCCOCc1ccc2ccccc2c1. The number of hydrogen-bond donors (Lipinski definition) is 0. The Morgan fingerprint density at radius 2 is 1.50 bits per heavy atom. The van der Waals surface area contributed by atoms with Gasteiger partial charge in [-0.15, -0.1) is 0 Å². The fourth-order valence-corrected chi connectivity index (χ4v) is 1.88. The van der Waals surface area contributed by atoms with Gasteiger partial charge in [0, 0.05) is 6.61 Å². The summed E-state index contributed by atoms with van der Waals surface area (Å²) in [5.41, 5.74) is 1.21. The largest absolute Gasteiger partial charge is 0.379 e. The molecule has 0 bridgehead atoms. The minimum absolute atomic E-state index is 0.653. The summed E-state index contributed by atoms with van der Waals surface area (Å²) in [7, 11) is 0. The molecule has 0 radical (unpaired) electrons. The maximum absolute atomic E-state index is 5.59. The Bertz CT molecular complexity index is 480. The van der Waals surface area contributed by atoms with Crippen molar-refractivity contribution in [1.82, 2.24) is 0 Å². The van der Waals surface area contributed by atoms with E-state index in [4.69, 9.17) is 9.47 Å². The molecule has 2 heteroatoms. The van der Waals surface area contributed by atoms with Crippen molar-refractivity contribution >= 4 is 10.8 Å². The minimum atomic E-state index is 0.653. The molecule has 0 spiro atoms. The quantitative estimate of drug-likeness (QED) is 0.675. The molecular weight excluding hydrogens is 248 g/mol. The van der Waals surface area contributed by atoms with Crippen molar-refractivity contribution in [2.75, 3.05) is 19.8 Å². The van der Waals surface area contributed by atoms with Gasteiger partial charge in [0.1, 0.15) is 0 Å². The first-order valence-corrected chi connectivity index (χ1v) is 7.53. The predicted octanol–water partition coefficient (Wildman–Crippen LogP) is 4.81. The van der Waals surface area contributed by atoms with Gasteiger partial charge in [-0.3, -0.25) is 0 Å². The maximum Gasteiger partial charge on any atom is 0.0718 e. The summed E-state index contributed by atoms with van der Waals surface area (Å²) >= 11 is 0. The van der Waals surface area contributed by atoms with Crippen molar-refractivity contribution in [3.8, 4) is 0 Å². The van der Waals surface area contributed by atoms with E-state index in [2.05, 4.69) is 49.4 Å². The molecule has 0 aliphatic heterocycles. The van der Waals surface area contributed by atoms with Crippen LogP contribution >= 0.6 is 0 Å².